The third kappa shape index (κ3) is 2.76. The van der Waals surface area contributed by atoms with Gasteiger partial charge in [-0.15, -0.1) is 0 Å². The number of carbonyl (C=O) groups excluding carboxylic acids is 2. The standard InChI is InChI=1S/C11H19N3O3/c1-14-6-7(2-10(14)16)11(17)13-4-8-3-12-5-9(8)15/h7-9,12,15H,2-6H2,1H3,(H,13,17). The first-order chi connectivity index (χ1) is 8.08. The Bertz CT molecular complexity index is 321. The van der Waals surface area contributed by atoms with Gasteiger partial charge in [-0.2, -0.15) is 0 Å². The summed E-state index contributed by atoms with van der Waals surface area (Å²) in [7, 11) is 1.71. The van der Waals surface area contributed by atoms with Crippen LogP contribution in [-0.4, -0.2) is 61.2 Å². The molecule has 0 saturated carbocycles. The summed E-state index contributed by atoms with van der Waals surface area (Å²) in [5, 5.41) is 15.5. The third-order valence-corrected chi connectivity index (χ3v) is 3.55. The second kappa shape index (κ2) is 5.01. The summed E-state index contributed by atoms with van der Waals surface area (Å²) in [5.74, 6) is -0.220. The van der Waals surface area contributed by atoms with Crippen LogP contribution in [0.3, 0.4) is 0 Å². The Balaban J connectivity index is 1.76. The fourth-order valence-corrected chi connectivity index (χ4v) is 2.34. The highest BCUT2D eigenvalue weighted by Gasteiger charge is 2.33. The van der Waals surface area contributed by atoms with Crippen LogP contribution in [0.15, 0.2) is 0 Å². The maximum Gasteiger partial charge on any atom is 0.225 e. The number of hydrogen-bond donors (Lipinski definition) is 3. The number of rotatable bonds is 3. The summed E-state index contributed by atoms with van der Waals surface area (Å²) >= 11 is 0. The molecule has 2 fully saturated rings. The lowest BCUT2D eigenvalue weighted by Crippen LogP contribution is -2.38. The molecule has 0 aromatic heterocycles. The van der Waals surface area contributed by atoms with Crippen molar-refractivity contribution >= 4 is 11.8 Å². The minimum atomic E-state index is -0.386. The number of hydrogen-bond acceptors (Lipinski definition) is 4. The van der Waals surface area contributed by atoms with Gasteiger partial charge < -0.3 is 20.6 Å². The molecule has 2 amide bonds. The summed E-state index contributed by atoms with van der Waals surface area (Å²) < 4.78 is 0. The highest BCUT2D eigenvalue weighted by molar-refractivity contribution is 5.89. The van der Waals surface area contributed by atoms with Crippen LogP contribution < -0.4 is 10.6 Å². The van der Waals surface area contributed by atoms with E-state index >= 15 is 0 Å². The first kappa shape index (κ1) is 12.3. The molecule has 0 aromatic rings. The quantitative estimate of drug-likeness (QED) is 0.542. The smallest absolute Gasteiger partial charge is 0.225 e. The van der Waals surface area contributed by atoms with Gasteiger partial charge in [-0.05, 0) is 0 Å². The first-order valence-electron chi connectivity index (χ1n) is 5.98. The molecule has 6 heteroatoms. The Kier molecular flexibility index (Phi) is 3.63. The van der Waals surface area contributed by atoms with Crippen molar-refractivity contribution in [3.8, 4) is 0 Å². The molecule has 0 aliphatic carbocycles. The van der Waals surface area contributed by atoms with Crippen molar-refractivity contribution < 1.29 is 14.7 Å². The number of amides is 2. The molecule has 6 nitrogen and oxygen atoms in total. The van der Waals surface area contributed by atoms with Crippen LogP contribution in [0.5, 0.6) is 0 Å². The molecule has 2 saturated heterocycles. The largest absolute Gasteiger partial charge is 0.391 e. The van der Waals surface area contributed by atoms with Gasteiger partial charge in [0.15, 0.2) is 0 Å². The van der Waals surface area contributed by atoms with Crippen molar-refractivity contribution in [1.82, 2.24) is 15.5 Å². The fourth-order valence-electron chi connectivity index (χ4n) is 2.34. The molecule has 0 spiro atoms. The maximum atomic E-state index is 11.8. The number of carbonyl (C=O) groups is 2. The topological polar surface area (TPSA) is 81.7 Å². The first-order valence-corrected chi connectivity index (χ1v) is 5.98. The van der Waals surface area contributed by atoms with Crippen LogP contribution in [0.25, 0.3) is 0 Å². The molecule has 96 valence electrons. The van der Waals surface area contributed by atoms with E-state index in [2.05, 4.69) is 10.6 Å². The summed E-state index contributed by atoms with van der Waals surface area (Å²) in [5.41, 5.74) is 0. The normalized spacial score (nSPS) is 33.2. The van der Waals surface area contributed by atoms with Gasteiger partial charge in [0.1, 0.15) is 0 Å². The number of nitrogens with one attached hydrogen (secondary N) is 2. The van der Waals surface area contributed by atoms with E-state index in [1.807, 2.05) is 0 Å². The Labute approximate surface area is 100 Å². The summed E-state index contributed by atoms with van der Waals surface area (Å²) in [6.45, 7) is 2.29. The van der Waals surface area contributed by atoms with Crippen molar-refractivity contribution in [3.05, 3.63) is 0 Å². The molecule has 3 unspecified atom stereocenters. The van der Waals surface area contributed by atoms with Gasteiger partial charge in [0.05, 0.1) is 12.0 Å². The monoisotopic (exact) mass is 241 g/mol. The van der Waals surface area contributed by atoms with Crippen molar-refractivity contribution in [2.45, 2.75) is 12.5 Å². The van der Waals surface area contributed by atoms with Gasteiger partial charge in [0.2, 0.25) is 11.8 Å². The molecule has 3 N–H and O–H groups in total. The zero-order chi connectivity index (χ0) is 12.4. The zero-order valence-electron chi connectivity index (χ0n) is 9.98. The molecule has 17 heavy (non-hydrogen) atoms. The second-order valence-corrected chi connectivity index (χ2v) is 4.91. The Morgan fingerprint density at radius 2 is 2.35 bits per heavy atom. The van der Waals surface area contributed by atoms with E-state index < -0.39 is 0 Å². The van der Waals surface area contributed by atoms with E-state index in [0.717, 1.165) is 6.54 Å². The molecular formula is C11H19N3O3. The lowest BCUT2D eigenvalue weighted by molar-refractivity contribution is -0.128. The Morgan fingerprint density at radius 1 is 1.59 bits per heavy atom. The minimum Gasteiger partial charge on any atom is -0.391 e. The van der Waals surface area contributed by atoms with Crippen molar-refractivity contribution in [2.24, 2.45) is 11.8 Å². The number of nitrogens with zero attached hydrogens (tertiary/aromatic N) is 1. The lowest BCUT2D eigenvalue weighted by atomic mass is 10.0. The van der Waals surface area contributed by atoms with Gasteiger partial charge in [0.25, 0.3) is 0 Å². The molecule has 2 aliphatic heterocycles. The molecule has 3 atom stereocenters. The Morgan fingerprint density at radius 3 is 2.88 bits per heavy atom. The molecule has 2 aliphatic rings. The second-order valence-electron chi connectivity index (χ2n) is 4.91. The molecule has 0 bridgehead atoms. The summed E-state index contributed by atoms with van der Waals surface area (Å²) in [4.78, 5) is 24.7. The fraction of sp³-hybridized carbons (Fsp3) is 0.818. The summed E-state index contributed by atoms with van der Waals surface area (Å²) in [6.07, 6.45) is -0.0865. The van der Waals surface area contributed by atoms with Crippen LogP contribution in [0.1, 0.15) is 6.42 Å². The molecule has 0 radical (unpaired) electrons. The van der Waals surface area contributed by atoms with Gasteiger partial charge in [-0.25, -0.2) is 0 Å². The number of likely N-dealkylation sites (tertiary alicyclic amines) is 1. The van der Waals surface area contributed by atoms with Crippen LogP contribution in [0, 0.1) is 11.8 Å². The molecular weight excluding hydrogens is 222 g/mol. The van der Waals surface area contributed by atoms with Gasteiger partial charge in [0, 0.05) is 45.6 Å². The van der Waals surface area contributed by atoms with E-state index in [1.165, 1.54) is 0 Å². The minimum absolute atomic E-state index is 0.0210. The van der Waals surface area contributed by atoms with E-state index in [1.54, 1.807) is 11.9 Å². The van der Waals surface area contributed by atoms with E-state index in [9.17, 15) is 14.7 Å². The lowest BCUT2D eigenvalue weighted by Gasteiger charge is -2.16. The predicted octanol–water partition coefficient (Wildman–Crippen LogP) is -1.84. The van der Waals surface area contributed by atoms with Gasteiger partial charge in [-0.3, -0.25) is 9.59 Å². The predicted molar refractivity (Wildman–Crippen MR) is 61.1 cm³/mol. The van der Waals surface area contributed by atoms with Crippen LogP contribution in [0.4, 0.5) is 0 Å². The number of aliphatic hydroxyl groups excluding tert-OH is 1. The van der Waals surface area contributed by atoms with Crippen LogP contribution >= 0.6 is 0 Å². The third-order valence-electron chi connectivity index (χ3n) is 3.55. The molecule has 2 heterocycles. The van der Waals surface area contributed by atoms with Crippen molar-refractivity contribution in [1.29, 1.82) is 0 Å². The SMILES string of the molecule is CN1CC(C(=O)NCC2CNCC2O)CC1=O. The van der Waals surface area contributed by atoms with Crippen LogP contribution in [0.2, 0.25) is 0 Å². The summed E-state index contributed by atoms with van der Waals surface area (Å²) in [6, 6.07) is 0. The average molecular weight is 241 g/mol. The van der Waals surface area contributed by atoms with E-state index in [-0.39, 0.29) is 29.8 Å². The van der Waals surface area contributed by atoms with E-state index in [0.29, 0.717) is 26.1 Å². The van der Waals surface area contributed by atoms with Gasteiger partial charge >= 0.3 is 0 Å². The zero-order valence-corrected chi connectivity index (χ0v) is 9.98. The average Bonchev–Trinajstić information content (AvgIpc) is 2.83. The highest BCUT2D eigenvalue weighted by Crippen LogP contribution is 2.16. The number of β-amino-alcohol motifs (C(OH)–C–C–N with tert-alkyl or cyclic N) is 1. The molecule has 0 aromatic carbocycles. The molecule has 2 rings (SSSR count). The van der Waals surface area contributed by atoms with Crippen molar-refractivity contribution in [3.63, 3.8) is 0 Å². The highest BCUT2D eigenvalue weighted by atomic mass is 16.3. The number of aliphatic hydroxyl groups is 1. The van der Waals surface area contributed by atoms with Gasteiger partial charge in [-0.1, -0.05) is 0 Å². The Hall–Kier alpha value is -1.14. The maximum absolute atomic E-state index is 11.8. The van der Waals surface area contributed by atoms with Crippen molar-refractivity contribution in [2.75, 3.05) is 33.2 Å². The van der Waals surface area contributed by atoms with E-state index in [4.69, 9.17) is 0 Å². The van der Waals surface area contributed by atoms with Crippen LogP contribution in [-0.2, 0) is 9.59 Å².